The molecule has 9 heavy (non-hydrogen) atoms. The molecule has 0 heterocycles. The molecule has 0 atom stereocenters. The average Bonchev–Trinajstić information content (AvgIpc) is 1.80. The highest BCUT2D eigenvalue weighted by atomic mass is 32.2. The summed E-state index contributed by atoms with van der Waals surface area (Å²) < 4.78 is 0. The van der Waals surface area contributed by atoms with Crippen LogP contribution in [0.1, 0.15) is 13.8 Å². The number of thioether (sulfide) groups is 1. The third-order valence-corrected chi connectivity index (χ3v) is 1.86. The van der Waals surface area contributed by atoms with Gasteiger partial charge in [0, 0.05) is 12.3 Å². The van der Waals surface area contributed by atoms with Crippen LogP contribution >= 0.6 is 11.8 Å². The van der Waals surface area contributed by atoms with Gasteiger partial charge in [0.25, 0.3) is 0 Å². The zero-order chi connectivity index (χ0) is 7.11. The molecule has 0 aromatic carbocycles. The summed E-state index contributed by atoms with van der Waals surface area (Å²) in [4.78, 5) is 0. The van der Waals surface area contributed by atoms with Crippen molar-refractivity contribution in [1.29, 1.82) is 5.26 Å². The van der Waals surface area contributed by atoms with Crippen LogP contribution in [0.3, 0.4) is 0 Å². The van der Waals surface area contributed by atoms with E-state index in [1.165, 1.54) is 0 Å². The SMILES string of the molecule is CC(C)SCCNC#N. The van der Waals surface area contributed by atoms with Crippen molar-refractivity contribution in [2.24, 2.45) is 0 Å². The first-order valence-electron chi connectivity index (χ1n) is 3.01. The molecule has 0 aromatic rings. The lowest BCUT2D eigenvalue weighted by atomic mass is 10.6. The predicted octanol–water partition coefficient (Wildman–Crippen LogP) is 1.20. The van der Waals surface area contributed by atoms with E-state index < -0.39 is 0 Å². The van der Waals surface area contributed by atoms with Gasteiger partial charge in [-0.25, -0.2) is 0 Å². The summed E-state index contributed by atoms with van der Waals surface area (Å²) in [5.41, 5.74) is 0. The van der Waals surface area contributed by atoms with Crippen LogP contribution in [0.4, 0.5) is 0 Å². The fourth-order valence-corrected chi connectivity index (χ4v) is 1.09. The normalized spacial score (nSPS) is 9.11. The molecule has 1 N–H and O–H groups in total. The first-order chi connectivity index (χ1) is 4.27. The minimum Gasteiger partial charge on any atom is -0.323 e. The lowest BCUT2D eigenvalue weighted by Gasteiger charge is -2.01. The molecule has 0 saturated carbocycles. The average molecular weight is 144 g/mol. The molecule has 3 heteroatoms. The van der Waals surface area contributed by atoms with Crippen LogP contribution in [0.15, 0.2) is 0 Å². The topological polar surface area (TPSA) is 35.8 Å². The van der Waals surface area contributed by atoms with E-state index in [0.717, 1.165) is 12.3 Å². The second-order valence-electron chi connectivity index (χ2n) is 1.96. The Labute approximate surface area is 60.6 Å². The van der Waals surface area contributed by atoms with E-state index in [4.69, 9.17) is 5.26 Å². The largest absolute Gasteiger partial charge is 0.323 e. The van der Waals surface area contributed by atoms with Crippen LogP contribution < -0.4 is 5.32 Å². The highest BCUT2D eigenvalue weighted by molar-refractivity contribution is 7.99. The van der Waals surface area contributed by atoms with Crippen molar-refractivity contribution in [2.45, 2.75) is 19.1 Å². The van der Waals surface area contributed by atoms with Gasteiger partial charge >= 0.3 is 0 Å². The molecule has 0 spiro atoms. The molecule has 0 aromatic heterocycles. The highest BCUT2D eigenvalue weighted by Crippen LogP contribution is 2.06. The summed E-state index contributed by atoms with van der Waals surface area (Å²) in [6, 6.07) is 0. The van der Waals surface area contributed by atoms with Crippen LogP contribution in [0, 0.1) is 11.5 Å². The first-order valence-corrected chi connectivity index (χ1v) is 4.05. The summed E-state index contributed by atoms with van der Waals surface area (Å²) >= 11 is 1.86. The van der Waals surface area contributed by atoms with Crippen molar-refractivity contribution in [1.82, 2.24) is 5.32 Å². The third kappa shape index (κ3) is 7.64. The first kappa shape index (κ1) is 8.64. The van der Waals surface area contributed by atoms with E-state index in [2.05, 4.69) is 19.2 Å². The molecule has 0 saturated heterocycles. The maximum Gasteiger partial charge on any atom is 0.176 e. The maximum atomic E-state index is 8.06. The number of nitrogens with zero attached hydrogens (tertiary/aromatic N) is 1. The van der Waals surface area contributed by atoms with E-state index in [-0.39, 0.29) is 0 Å². The molecule has 0 bridgehead atoms. The van der Waals surface area contributed by atoms with Gasteiger partial charge in [-0.1, -0.05) is 13.8 Å². The molecule has 0 unspecified atom stereocenters. The van der Waals surface area contributed by atoms with Crippen molar-refractivity contribution >= 4 is 11.8 Å². The van der Waals surface area contributed by atoms with Gasteiger partial charge in [-0.05, 0) is 5.25 Å². The van der Waals surface area contributed by atoms with Crippen molar-refractivity contribution in [3.8, 4) is 6.19 Å². The molecule has 0 radical (unpaired) electrons. The van der Waals surface area contributed by atoms with Gasteiger partial charge in [0.15, 0.2) is 6.19 Å². The maximum absolute atomic E-state index is 8.06. The Morgan fingerprint density at radius 1 is 1.67 bits per heavy atom. The second kappa shape index (κ2) is 5.77. The van der Waals surface area contributed by atoms with Crippen molar-refractivity contribution in [3.63, 3.8) is 0 Å². The minimum atomic E-state index is 0.672. The van der Waals surface area contributed by atoms with Crippen molar-refractivity contribution in [2.75, 3.05) is 12.3 Å². The number of nitrogens with one attached hydrogen (secondary N) is 1. The molecule has 52 valence electrons. The minimum absolute atomic E-state index is 0.672. The van der Waals surface area contributed by atoms with Crippen molar-refractivity contribution in [3.05, 3.63) is 0 Å². The number of rotatable bonds is 4. The molecular formula is C6H12N2S. The zero-order valence-corrected chi connectivity index (χ0v) is 6.66. The molecule has 0 aliphatic carbocycles. The standard InChI is InChI=1S/C6H12N2S/c1-6(2)9-4-3-8-5-7/h6,8H,3-4H2,1-2H3. The summed E-state index contributed by atoms with van der Waals surface area (Å²) in [5.74, 6) is 1.02. The van der Waals surface area contributed by atoms with Gasteiger partial charge in [-0.2, -0.15) is 17.0 Å². The van der Waals surface area contributed by atoms with E-state index in [1.54, 1.807) is 0 Å². The highest BCUT2D eigenvalue weighted by Gasteiger charge is 1.91. The molecule has 0 fully saturated rings. The zero-order valence-electron chi connectivity index (χ0n) is 5.85. The summed E-state index contributed by atoms with van der Waals surface area (Å²) in [6.45, 7) is 5.09. The van der Waals surface area contributed by atoms with Crippen LogP contribution in [0.5, 0.6) is 0 Å². The van der Waals surface area contributed by atoms with Gasteiger partial charge < -0.3 is 5.32 Å². The molecule has 0 aliphatic rings. The Balaban J connectivity index is 2.85. The lowest BCUT2D eigenvalue weighted by molar-refractivity contribution is 0.939. The van der Waals surface area contributed by atoms with Crippen LogP contribution in [0.2, 0.25) is 0 Å². The smallest absolute Gasteiger partial charge is 0.176 e. The summed E-state index contributed by atoms with van der Waals surface area (Å²) in [6.07, 6.45) is 1.88. The Kier molecular flexibility index (Phi) is 5.54. The van der Waals surface area contributed by atoms with Crippen LogP contribution in [-0.4, -0.2) is 17.5 Å². The molecule has 2 nitrogen and oxygen atoms in total. The van der Waals surface area contributed by atoms with Crippen LogP contribution in [-0.2, 0) is 0 Å². The van der Waals surface area contributed by atoms with Gasteiger partial charge in [-0.15, -0.1) is 0 Å². The van der Waals surface area contributed by atoms with Crippen LogP contribution in [0.25, 0.3) is 0 Å². The molecule has 0 amide bonds. The molecular weight excluding hydrogens is 132 g/mol. The number of hydrogen-bond donors (Lipinski definition) is 1. The van der Waals surface area contributed by atoms with E-state index in [9.17, 15) is 0 Å². The molecule has 0 rings (SSSR count). The third-order valence-electron chi connectivity index (χ3n) is 0.757. The van der Waals surface area contributed by atoms with E-state index in [0.29, 0.717) is 5.25 Å². The fraction of sp³-hybridized carbons (Fsp3) is 0.833. The Bertz CT molecular complexity index is 95.7. The van der Waals surface area contributed by atoms with Gasteiger partial charge in [0.05, 0.1) is 0 Å². The van der Waals surface area contributed by atoms with E-state index >= 15 is 0 Å². The van der Waals surface area contributed by atoms with E-state index in [1.807, 2.05) is 18.0 Å². The van der Waals surface area contributed by atoms with Crippen molar-refractivity contribution < 1.29 is 0 Å². The monoisotopic (exact) mass is 144 g/mol. The molecule has 0 aliphatic heterocycles. The summed E-state index contributed by atoms with van der Waals surface area (Å²) in [5, 5.41) is 11.3. The van der Waals surface area contributed by atoms with Gasteiger partial charge in [0.1, 0.15) is 0 Å². The Hall–Kier alpha value is -0.360. The Morgan fingerprint density at radius 2 is 2.33 bits per heavy atom. The van der Waals surface area contributed by atoms with Gasteiger partial charge in [0.2, 0.25) is 0 Å². The van der Waals surface area contributed by atoms with Gasteiger partial charge in [-0.3, -0.25) is 0 Å². The number of hydrogen-bond acceptors (Lipinski definition) is 3. The fourth-order valence-electron chi connectivity index (χ4n) is 0.402. The summed E-state index contributed by atoms with van der Waals surface area (Å²) in [7, 11) is 0. The Morgan fingerprint density at radius 3 is 2.78 bits per heavy atom. The predicted molar refractivity (Wildman–Crippen MR) is 41.2 cm³/mol. The lowest BCUT2D eigenvalue weighted by Crippen LogP contribution is -2.10. The number of nitriles is 1. The quantitative estimate of drug-likeness (QED) is 0.366. The second-order valence-corrected chi connectivity index (χ2v) is 3.64.